The number of Topliss-reactive ketones (excluding diaryl/α,β-unsaturated/α-hetero) is 2. The minimum Gasteiger partial charge on any atom is -0.508 e. The average Bonchev–Trinajstić information content (AvgIpc) is 2.94. The third kappa shape index (κ3) is 5.61. The Morgan fingerprint density at radius 2 is 1.31 bits per heavy atom. The summed E-state index contributed by atoms with van der Waals surface area (Å²) in [5.41, 5.74) is 2.74. The lowest BCUT2D eigenvalue weighted by Gasteiger charge is -2.43. The standard InChI is InChI=1S/C33H30FNO4/c1-21-27(14-7-15-30(21)34)31-28(32(38)23-10-5-12-25(36)16-23)19-35(18-22-8-3-2-4-9-22)20-29(31)33(39)24-11-6-13-26(37)17-24/h2-17,28-29,31,36-37H,18-20H2,1H3/t28-,29-/m0/s1. The van der Waals surface area contributed by atoms with Crippen LogP contribution in [0.15, 0.2) is 97.1 Å². The molecule has 0 spiro atoms. The Kier molecular flexibility index (Phi) is 7.57. The van der Waals surface area contributed by atoms with Crippen molar-refractivity contribution < 1.29 is 24.2 Å². The normalized spacial score (nSPS) is 18.1. The summed E-state index contributed by atoms with van der Waals surface area (Å²) in [7, 11) is 0. The second-order valence-electron chi connectivity index (χ2n) is 10.2. The number of likely N-dealkylation sites (tertiary alicyclic amines) is 1. The Morgan fingerprint density at radius 1 is 0.769 bits per heavy atom. The van der Waals surface area contributed by atoms with E-state index in [1.54, 1.807) is 43.3 Å². The maximum absolute atomic E-state index is 14.9. The summed E-state index contributed by atoms with van der Waals surface area (Å²) in [4.78, 5) is 30.3. The minimum absolute atomic E-state index is 0.0244. The fourth-order valence-electron chi connectivity index (χ4n) is 5.77. The van der Waals surface area contributed by atoms with Gasteiger partial charge < -0.3 is 10.2 Å². The highest BCUT2D eigenvalue weighted by Crippen LogP contribution is 2.43. The zero-order valence-electron chi connectivity index (χ0n) is 21.6. The van der Waals surface area contributed by atoms with Gasteiger partial charge in [0, 0.05) is 48.5 Å². The van der Waals surface area contributed by atoms with E-state index in [1.807, 2.05) is 30.3 Å². The van der Waals surface area contributed by atoms with E-state index in [9.17, 15) is 24.2 Å². The molecule has 6 heteroatoms. The van der Waals surface area contributed by atoms with Crippen LogP contribution in [0, 0.1) is 24.6 Å². The van der Waals surface area contributed by atoms with E-state index < -0.39 is 23.6 Å². The first-order valence-corrected chi connectivity index (χ1v) is 13.0. The van der Waals surface area contributed by atoms with Gasteiger partial charge in [0.15, 0.2) is 11.6 Å². The lowest BCUT2D eigenvalue weighted by molar-refractivity contribution is 0.0553. The van der Waals surface area contributed by atoms with Crippen LogP contribution >= 0.6 is 0 Å². The van der Waals surface area contributed by atoms with E-state index in [2.05, 4.69) is 4.90 Å². The lowest BCUT2D eigenvalue weighted by atomic mass is 9.67. The molecule has 1 saturated heterocycles. The molecule has 4 aromatic rings. The topological polar surface area (TPSA) is 77.8 Å². The predicted molar refractivity (Wildman–Crippen MR) is 147 cm³/mol. The highest BCUT2D eigenvalue weighted by molar-refractivity contribution is 6.02. The molecule has 0 radical (unpaired) electrons. The second kappa shape index (κ2) is 11.2. The quantitative estimate of drug-likeness (QED) is 0.285. The monoisotopic (exact) mass is 523 g/mol. The van der Waals surface area contributed by atoms with Gasteiger partial charge in [-0.15, -0.1) is 0 Å². The molecule has 1 fully saturated rings. The number of aromatic hydroxyl groups is 2. The Labute approximate surface area is 227 Å². The van der Waals surface area contributed by atoms with Crippen LogP contribution in [0.5, 0.6) is 11.5 Å². The lowest BCUT2D eigenvalue weighted by Crippen LogP contribution is -2.50. The maximum atomic E-state index is 14.9. The molecule has 2 N–H and O–H groups in total. The summed E-state index contributed by atoms with van der Waals surface area (Å²) in [6.45, 7) is 2.91. The number of ketones is 2. The van der Waals surface area contributed by atoms with Crippen LogP contribution in [-0.2, 0) is 6.54 Å². The van der Waals surface area contributed by atoms with Gasteiger partial charge in [-0.1, -0.05) is 66.7 Å². The number of nitrogens with zero attached hydrogens (tertiary/aromatic N) is 1. The number of carbonyl (C=O) groups is 2. The molecule has 0 aliphatic carbocycles. The number of carbonyl (C=O) groups excluding carboxylic acids is 2. The van der Waals surface area contributed by atoms with Gasteiger partial charge in [-0.3, -0.25) is 14.5 Å². The van der Waals surface area contributed by atoms with Gasteiger partial charge >= 0.3 is 0 Å². The third-order valence-corrected chi connectivity index (χ3v) is 7.63. The first kappa shape index (κ1) is 26.3. The molecule has 39 heavy (non-hydrogen) atoms. The SMILES string of the molecule is Cc1c(F)cccc1C1[C@@H](C(=O)c2cccc(O)c2)CN(Cc2ccccc2)C[C@@H]1C(=O)c1cccc(O)c1. The largest absolute Gasteiger partial charge is 0.508 e. The number of benzene rings is 4. The van der Waals surface area contributed by atoms with Crippen LogP contribution < -0.4 is 0 Å². The first-order chi connectivity index (χ1) is 18.8. The van der Waals surface area contributed by atoms with Crippen LogP contribution in [-0.4, -0.2) is 39.8 Å². The highest BCUT2D eigenvalue weighted by atomic mass is 19.1. The van der Waals surface area contributed by atoms with Crippen molar-refractivity contribution in [1.29, 1.82) is 0 Å². The van der Waals surface area contributed by atoms with Gasteiger partial charge in [0.2, 0.25) is 0 Å². The van der Waals surface area contributed by atoms with Gasteiger partial charge in [0.25, 0.3) is 0 Å². The number of hydrogen-bond acceptors (Lipinski definition) is 5. The molecule has 1 aliphatic rings. The van der Waals surface area contributed by atoms with Gasteiger partial charge in [-0.05, 0) is 53.9 Å². The van der Waals surface area contributed by atoms with Crippen LogP contribution in [0.3, 0.4) is 0 Å². The molecule has 0 unspecified atom stereocenters. The zero-order chi connectivity index (χ0) is 27.5. The molecule has 5 nitrogen and oxygen atoms in total. The third-order valence-electron chi connectivity index (χ3n) is 7.63. The summed E-state index contributed by atoms with van der Waals surface area (Å²) < 4.78 is 14.9. The molecule has 2 atom stereocenters. The van der Waals surface area contributed by atoms with Crippen molar-refractivity contribution >= 4 is 11.6 Å². The number of halogens is 1. The number of phenolic OH excluding ortho intramolecular Hbond substituents is 2. The van der Waals surface area contributed by atoms with Gasteiger partial charge in [0.05, 0.1) is 0 Å². The molecule has 1 aliphatic heterocycles. The number of hydrogen-bond donors (Lipinski definition) is 2. The van der Waals surface area contributed by atoms with E-state index in [0.717, 1.165) is 5.56 Å². The molecule has 198 valence electrons. The summed E-state index contributed by atoms with van der Waals surface area (Å²) >= 11 is 0. The summed E-state index contributed by atoms with van der Waals surface area (Å²) in [5.74, 6) is -2.86. The zero-order valence-corrected chi connectivity index (χ0v) is 21.6. The van der Waals surface area contributed by atoms with E-state index >= 15 is 0 Å². The van der Waals surface area contributed by atoms with Crippen molar-refractivity contribution in [1.82, 2.24) is 4.90 Å². The van der Waals surface area contributed by atoms with Gasteiger partial charge in [-0.2, -0.15) is 0 Å². The highest BCUT2D eigenvalue weighted by Gasteiger charge is 2.45. The summed E-state index contributed by atoms with van der Waals surface area (Å²) in [6.07, 6.45) is 0. The fourth-order valence-corrected chi connectivity index (χ4v) is 5.77. The van der Waals surface area contributed by atoms with Gasteiger partial charge in [-0.25, -0.2) is 4.39 Å². The molecule has 5 rings (SSSR count). The second-order valence-corrected chi connectivity index (χ2v) is 10.2. The Morgan fingerprint density at radius 3 is 1.85 bits per heavy atom. The number of rotatable bonds is 7. The molecular formula is C33H30FNO4. The molecule has 0 amide bonds. The van der Waals surface area contributed by atoms with E-state index in [1.165, 1.54) is 30.3 Å². The molecule has 4 aromatic carbocycles. The van der Waals surface area contributed by atoms with Crippen LogP contribution in [0.4, 0.5) is 4.39 Å². The van der Waals surface area contributed by atoms with Crippen molar-refractivity contribution in [2.45, 2.75) is 19.4 Å². The molecule has 0 saturated carbocycles. The Bertz CT molecular complexity index is 1440. The van der Waals surface area contributed by atoms with Crippen molar-refractivity contribution in [2.24, 2.45) is 11.8 Å². The van der Waals surface area contributed by atoms with Crippen LogP contribution in [0.2, 0.25) is 0 Å². The van der Waals surface area contributed by atoms with Crippen molar-refractivity contribution in [2.75, 3.05) is 13.1 Å². The van der Waals surface area contributed by atoms with Crippen LogP contribution in [0.25, 0.3) is 0 Å². The van der Waals surface area contributed by atoms with E-state index in [-0.39, 0.29) is 23.1 Å². The Balaban J connectivity index is 1.64. The van der Waals surface area contributed by atoms with E-state index in [4.69, 9.17) is 0 Å². The first-order valence-electron chi connectivity index (χ1n) is 13.0. The fraction of sp³-hybridized carbons (Fsp3) is 0.212. The van der Waals surface area contributed by atoms with Crippen molar-refractivity contribution in [3.05, 3.63) is 131 Å². The predicted octanol–water partition coefficient (Wildman–Crippen LogP) is 6.14. The average molecular weight is 524 g/mol. The number of phenols is 2. The van der Waals surface area contributed by atoms with Crippen molar-refractivity contribution in [3.8, 4) is 11.5 Å². The maximum Gasteiger partial charge on any atom is 0.167 e. The van der Waals surface area contributed by atoms with Gasteiger partial charge in [0.1, 0.15) is 17.3 Å². The minimum atomic E-state index is -0.684. The van der Waals surface area contributed by atoms with E-state index in [0.29, 0.717) is 41.9 Å². The smallest absolute Gasteiger partial charge is 0.167 e. The number of piperidine rings is 1. The molecule has 0 aromatic heterocycles. The summed E-state index contributed by atoms with van der Waals surface area (Å²) in [5, 5.41) is 20.2. The van der Waals surface area contributed by atoms with Crippen molar-refractivity contribution in [3.63, 3.8) is 0 Å². The molecular weight excluding hydrogens is 493 g/mol. The molecule has 0 bridgehead atoms. The molecule has 1 heterocycles. The Hall–Kier alpha value is -4.29. The van der Waals surface area contributed by atoms with Crippen LogP contribution in [0.1, 0.15) is 43.3 Å². The summed E-state index contributed by atoms with van der Waals surface area (Å²) in [6, 6.07) is 27.0.